The number of phenols is 1. The van der Waals surface area contributed by atoms with Gasteiger partial charge in [-0.25, -0.2) is 0 Å². The zero-order chi connectivity index (χ0) is 12.3. The molecule has 0 fully saturated rings. The number of aliphatic hydroxyl groups excluding tert-OH is 3. The second-order valence-corrected chi connectivity index (χ2v) is 4.03. The van der Waals surface area contributed by atoms with Crippen molar-refractivity contribution in [3.63, 3.8) is 0 Å². The summed E-state index contributed by atoms with van der Waals surface area (Å²) in [4.78, 5) is 0. The second kappa shape index (κ2) is 5.30. The Balaban J connectivity index is 2.96. The van der Waals surface area contributed by atoms with Crippen LogP contribution in [0.2, 0.25) is 0 Å². The summed E-state index contributed by atoms with van der Waals surface area (Å²) < 4.78 is 0. The zero-order valence-corrected chi connectivity index (χ0v) is 9.51. The first-order chi connectivity index (χ1) is 7.47. The fraction of sp³-hybridized carbons (Fsp3) is 0.500. The van der Waals surface area contributed by atoms with Gasteiger partial charge in [-0.15, -0.1) is 0 Å². The molecule has 0 heterocycles. The minimum absolute atomic E-state index is 0.125. The molecule has 0 aliphatic rings. The van der Waals surface area contributed by atoms with Gasteiger partial charge in [-0.1, -0.05) is 0 Å². The van der Waals surface area contributed by atoms with Crippen LogP contribution in [0.1, 0.15) is 29.2 Å². The molecule has 0 saturated carbocycles. The van der Waals surface area contributed by atoms with E-state index >= 15 is 0 Å². The molecule has 0 aromatic heterocycles. The zero-order valence-electron chi connectivity index (χ0n) is 9.51. The van der Waals surface area contributed by atoms with Crippen molar-refractivity contribution in [3.8, 4) is 5.75 Å². The van der Waals surface area contributed by atoms with Crippen molar-refractivity contribution in [2.45, 2.75) is 32.5 Å². The minimum Gasteiger partial charge on any atom is -0.507 e. The lowest BCUT2D eigenvalue weighted by Crippen LogP contribution is -2.19. The SMILES string of the molecule is Cc1cc(C(O)C(O)CCO)cc(C)c1O. The quantitative estimate of drug-likeness (QED) is 0.611. The molecule has 2 atom stereocenters. The monoisotopic (exact) mass is 226 g/mol. The molecule has 0 spiro atoms. The maximum absolute atomic E-state index is 9.82. The summed E-state index contributed by atoms with van der Waals surface area (Å²) >= 11 is 0. The third kappa shape index (κ3) is 2.72. The Morgan fingerprint density at radius 3 is 2.06 bits per heavy atom. The molecule has 90 valence electrons. The second-order valence-electron chi connectivity index (χ2n) is 4.03. The van der Waals surface area contributed by atoms with Gasteiger partial charge in [-0.3, -0.25) is 0 Å². The third-order valence-electron chi connectivity index (χ3n) is 2.64. The van der Waals surface area contributed by atoms with Crippen molar-refractivity contribution in [2.24, 2.45) is 0 Å². The summed E-state index contributed by atoms with van der Waals surface area (Å²) in [5, 5.41) is 37.6. The third-order valence-corrected chi connectivity index (χ3v) is 2.64. The Bertz CT molecular complexity index is 339. The summed E-state index contributed by atoms with van der Waals surface area (Å²) in [5.41, 5.74) is 1.87. The Morgan fingerprint density at radius 1 is 1.12 bits per heavy atom. The van der Waals surface area contributed by atoms with E-state index < -0.39 is 12.2 Å². The molecule has 0 bridgehead atoms. The van der Waals surface area contributed by atoms with Gasteiger partial charge in [0.1, 0.15) is 11.9 Å². The number of rotatable bonds is 4. The standard InChI is InChI=1S/C12H18O4/c1-7-5-9(6-8(2)11(7)15)12(16)10(14)3-4-13/h5-6,10,12-16H,3-4H2,1-2H3. The average molecular weight is 226 g/mol. The van der Waals surface area contributed by atoms with Gasteiger partial charge in [-0.2, -0.15) is 0 Å². The van der Waals surface area contributed by atoms with Crippen LogP contribution in [-0.4, -0.2) is 33.1 Å². The Morgan fingerprint density at radius 2 is 1.62 bits per heavy atom. The maximum Gasteiger partial charge on any atom is 0.121 e. The number of aryl methyl sites for hydroxylation is 2. The first kappa shape index (κ1) is 13.0. The Kier molecular flexibility index (Phi) is 4.29. The van der Waals surface area contributed by atoms with Crippen LogP contribution in [0.25, 0.3) is 0 Å². The summed E-state index contributed by atoms with van der Waals surface area (Å²) in [6.45, 7) is 3.29. The lowest BCUT2D eigenvalue weighted by atomic mass is 9.98. The molecule has 16 heavy (non-hydrogen) atoms. The van der Waals surface area contributed by atoms with Crippen LogP contribution >= 0.6 is 0 Å². The molecular formula is C12H18O4. The molecule has 1 rings (SSSR count). The van der Waals surface area contributed by atoms with Crippen LogP contribution in [0.3, 0.4) is 0 Å². The van der Waals surface area contributed by atoms with Crippen molar-refractivity contribution >= 4 is 0 Å². The van der Waals surface area contributed by atoms with Crippen LogP contribution in [0.4, 0.5) is 0 Å². The van der Waals surface area contributed by atoms with E-state index in [1.807, 2.05) is 0 Å². The van der Waals surface area contributed by atoms with E-state index in [4.69, 9.17) is 5.11 Å². The lowest BCUT2D eigenvalue weighted by molar-refractivity contribution is 0.00414. The van der Waals surface area contributed by atoms with Crippen molar-refractivity contribution in [3.05, 3.63) is 28.8 Å². The van der Waals surface area contributed by atoms with Crippen LogP contribution in [0.5, 0.6) is 5.75 Å². The molecule has 4 nitrogen and oxygen atoms in total. The highest BCUT2D eigenvalue weighted by atomic mass is 16.3. The molecule has 0 saturated heterocycles. The normalized spacial score (nSPS) is 14.8. The minimum atomic E-state index is -1.04. The number of benzene rings is 1. The summed E-state index contributed by atoms with van der Waals surface area (Å²) in [5.74, 6) is 0.201. The van der Waals surface area contributed by atoms with E-state index in [-0.39, 0.29) is 18.8 Å². The summed E-state index contributed by atoms with van der Waals surface area (Å²) in [6, 6.07) is 3.27. The molecule has 1 aromatic rings. The fourth-order valence-corrected chi connectivity index (χ4v) is 1.67. The van der Waals surface area contributed by atoms with Crippen molar-refractivity contribution < 1.29 is 20.4 Å². The van der Waals surface area contributed by atoms with Gasteiger partial charge in [0, 0.05) is 6.61 Å². The molecule has 4 heteroatoms. The van der Waals surface area contributed by atoms with Crippen molar-refractivity contribution in [2.75, 3.05) is 6.61 Å². The van der Waals surface area contributed by atoms with E-state index in [0.29, 0.717) is 16.7 Å². The van der Waals surface area contributed by atoms with E-state index in [1.165, 1.54) is 0 Å². The van der Waals surface area contributed by atoms with Crippen molar-refractivity contribution in [1.82, 2.24) is 0 Å². The van der Waals surface area contributed by atoms with Gasteiger partial charge < -0.3 is 20.4 Å². The van der Waals surface area contributed by atoms with E-state index in [9.17, 15) is 15.3 Å². The smallest absolute Gasteiger partial charge is 0.121 e. The Hall–Kier alpha value is -1.10. The first-order valence-corrected chi connectivity index (χ1v) is 5.24. The molecule has 0 amide bonds. The molecule has 0 aliphatic heterocycles. The van der Waals surface area contributed by atoms with Gasteiger partial charge >= 0.3 is 0 Å². The first-order valence-electron chi connectivity index (χ1n) is 5.24. The lowest BCUT2D eigenvalue weighted by Gasteiger charge is -2.18. The van der Waals surface area contributed by atoms with Crippen LogP contribution in [0, 0.1) is 13.8 Å². The number of hydrogen-bond acceptors (Lipinski definition) is 4. The van der Waals surface area contributed by atoms with Gasteiger partial charge in [-0.05, 0) is 49.1 Å². The maximum atomic E-state index is 9.82. The van der Waals surface area contributed by atoms with E-state index in [1.54, 1.807) is 26.0 Å². The van der Waals surface area contributed by atoms with Gasteiger partial charge in [0.2, 0.25) is 0 Å². The topological polar surface area (TPSA) is 80.9 Å². The number of hydrogen-bond donors (Lipinski definition) is 4. The Labute approximate surface area is 94.8 Å². The number of aliphatic hydroxyl groups is 3. The molecule has 1 aromatic carbocycles. The number of aromatic hydroxyl groups is 1. The van der Waals surface area contributed by atoms with E-state index in [0.717, 1.165) is 0 Å². The number of phenolic OH excluding ortho intramolecular Hbond substituents is 1. The van der Waals surface area contributed by atoms with Gasteiger partial charge in [0.25, 0.3) is 0 Å². The molecule has 0 radical (unpaired) electrons. The largest absolute Gasteiger partial charge is 0.507 e. The molecule has 0 aliphatic carbocycles. The predicted octanol–water partition coefficient (Wildman–Crippen LogP) is 0.786. The van der Waals surface area contributed by atoms with E-state index in [2.05, 4.69) is 0 Å². The summed E-state index contributed by atoms with van der Waals surface area (Å²) in [6.07, 6.45) is -1.90. The van der Waals surface area contributed by atoms with Gasteiger partial charge in [0.05, 0.1) is 6.10 Å². The average Bonchev–Trinajstić information content (AvgIpc) is 2.24. The summed E-state index contributed by atoms with van der Waals surface area (Å²) in [7, 11) is 0. The van der Waals surface area contributed by atoms with Crippen LogP contribution in [0.15, 0.2) is 12.1 Å². The highest BCUT2D eigenvalue weighted by molar-refractivity contribution is 5.42. The molecule has 2 unspecified atom stereocenters. The van der Waals surface area contributed by atoms with Crippen LogP contribution < -0.4 is 0 Å². The predicted molar refractivity (Wildman–Crippen MR) is 60.3 cm³/mol. The molecular weight excluding hydrogens is 208 g/mol. The highest BCUT2D eigenvalue weighted by Gasteiger charge is 2.19. The highest BCUT2D eigenvalue weighted by Crippen LogP contribution is 2.28. The van der Waals surface area contributed by atoms with Gasteiger partial charge in [0.15, 0.2) is 0 Å². The molecule has 4 N–H and O–H groups in total. The van der Waals surface area contributed by atoms with Crippen molar-refractivity contribution in [1.29, 1.82) is 0 Å². The van der Waals surface area contributed by atoms with Crippen LogP contribution in [-0.2, 0) is 0 Å². The fourth-order valence-electron chi connectivity index (χ4n) is 1.67.